The number of ether oxygens (including phenoxy) is 1. The summed E-state index contributed by atoms with van der Waals surface area (Å²) in [5, 5.41) is 0. The summed E-state index contributed by atoms with van der Waals surface area (Å²) in [4.78, 5) is 6.87. The highest BCUT2D eigenvalue weighted by molar-refractivity contribution is 7.89. The van der Waals surface area contributed by atoms with Crippen molar-refractivity contribution in [3.05, 3.63) is 47.8 Å². The van der Waals surface area contributed by atoms with E-state index in [1.165, 1.54) is 5.69 Å². The third kappa shape index (κ3) is 6.64. The molecule has 5 rings (SSSR count). The van der Waals surface area contributed by atoms with Crippen molar-refractivity contribution < 1.29 is 21.6 Å². The molecule has 3 aliphatic rings. The summed E-state index contributed by atoms with van der Waals surface area (Å²) in [6.45, 7) is 7.23. The van der Waals surface area contributed by atoms with E-state index in [-0.39, 0.29) is 17.2 Å². The number of hydrogen-bond acceptors (Lipinski definition) is 7. The summed E-state index contributed by atoms with van der Waals surface area (Å²) in [6, 6.07) is 7.44. The molecule has 0 radical (unpaired) electrons. The van der Waals surface area contributed by atoms with Crippen LogP contribution >= 0.6 is 0 Å². The van der Waals surface area contributed by atoms with Crippen molar-refractivity contribution >= 4 is 25.7 Å². The lowest BCUT2D eigenvalue weighted by molar-refractivity contribution is 0.119. The number of pyridine rings is 1. The molecule has 1 aromatic carbocycles. The van der Waals surface area contributed by atoms with Gasteiger partial charge in [0.2, 0.25) is 20.0 Å². The van der Waals surface area contributed by atoms with E-state index in [1.807, 2.05) is 12.4 Å². The first-order valence-electron chi connectivity index (χ1n) is 15.3. The van der Waals surface area contributed by atoms with Crippen molar-refractivity contribution in [2.45, 2.75) is 82.6 Å². The summed E-state index contributed by atoms with van der Waals surface area (Å²) in [6.07, 6.45) is 11.2. The fraction of sp³-hybridized carbons (Fsp3) is 0.645. The molecular weight excluding hydrogens is 572 g/mol. The first-order valence-corrected chi connectivity index (χ1v) is 18.4. The van der Waals surface area contributed by atoms with E-state index in [4.69, 9.17) is 4.74 Å². The Labute approximate surface area is 252 Å². The van der Waals surface area contributed by atoms with Gasteiger partial charge in [0, 0.05) is 56.8 Å². The lowest BCUT2D eigenvalue weighted by Gasteiger charge is -2.47. The van der Waals surface area contributed by atoms with Gasteiger partial charge in [-0.05, 0) is 106 Å². The summed E-state index contributed by atoms with van der Waals surface area (Å²) < 4.78 is 63.0. The minimum Gasteiger partial charge on any atom is -0.497 e. The molecule has 9 nitrogen and oxygen atoms in total. The Kier molecular flexibility index (Phi) is 9.51. The molecule has 0 saturated carbocycles. The van der Waals surface area contributed by atoms with Crippen LogP contribution in [0.4, 0.5) is 5.69 Å². The van der Waals surface area contributed by atoms with Crippen molar-refractivity contribution in [3.63, 3.8) is 0 Å². The second-order valence-corrected chi connectivity index (χ2v) is 16.3. The lowest BCUT2D eigenvalue weighted by atomic mass is 9.71. The van der Waals surface area contributed by atoms with Crippen LogP contribution in [0, 0.1) is 19.3 Å². The van der Waals surface area contributed by atoms with Crippen LogP contribution in [0.3, 0.4) is 0 Å². The van der Waals surface area contributed by atoms with Gasteiger partial charge in [0.1, 0.15) is 5.75 Å². The number of hydrogen-bond donors (Lipinski definition) is 0. The third-order valence-corrected chi connectivity index (χ3v) is 14.0. The molecule has 1 atom stereocenters. The molecule has 4 heterocycles. The fourth-order valence-electron chi connectivity index (χ4n) is 7.29. The largest absolute Gasteiger partial charge is 0.497 e. The Morgan fingerprint density at radius 1 is 0.905 bits per heavy atom. The zero-order chi connectivity index (χ0) is 30.0. The maximum absolute atomic E-state index is 13.8. The molecule has 3 aliphatic heterocycles. The Morgan fingerprint density at radius 3 is 2.14 bits per heavy atom. The van der Waals surface area contributed by atoms with Crippen LogP contribution in [0.5, 0.6) is 5.75 Å². The van der Waals surface area contributed by atoms with E-state index < -0.39 is 20.0 Å². The third-order valence-electron chi connectivity index (χ3n) is 9.78. The van der Waals surface area contributed by atoms with Gasteiger partial charge in [0.25, 0.3) is 0 Å². The average molecular weight is 619 g/mol. The Hall–Kier alpha value is -2.21. The predicted octanol–water partition coefficient (Wildman–Crippen LogP) is 4.74. The van der Waals surface area contributed by atoms with Gasteiger partial charge in [-0.15, -0.1) is 0 Å². The van der Waals surface area contributed by atoms with Gasteiger partial charge in [-0.25, -0.2) is 21.1 Å². The second kappa shape index (κ2) is 12.8. The van der Waals surface area contributed by atoms with Gasteiger partial charge in [-0.1, -0.05) is 6.42 Å². The highest BCUT2D eigenvalue weighted by atomic mass is 32.2. The molecule has 0 amide bonds. The van der Waals surface area contributed by atoms with Gasteiger partial charge < -0.3 is 9.64 Å². The molecular formula is C31H46N4O5S2. The smallest absolute Gasteiger partial charge is 0.243 e. The van der Waals surface area contributed by atoms with E-state index in [0.29, 0.717) is 54.2 Å². The van der Waals surface area contributed by atoms with Crippen LogP contribution in [-0.4, -0.2) is 82.1 Å². The van der Waals surface area contributed by atoms with Gasteiger partial charge in [0.05, 0.1) is 17.8 Å². The van der Waals surface area contributed by atoms with Crippen LogP contribution in [0.25, 0.3) is 0 Å². The SMILES string of the molecule is COc1cc(C)c(S(=O)(=O)N2CCCCC2CCCS(=O)(=O)N2CCC3(CCN(c4ccncc4)CC3)CC2)c(C)c1. The Morgan fingerprint density at radius 2 is 1.52 bits per heavy atom. The molecule has 0 N–H and O–H groups in total. The average Bonchev–Trinajstić information content (AvgIpc) is 2.98. The molecule has 0 bridgehead atoms. The number of methoxy groups -OCH3 is 1. The predicted molar refractivity (Wildman–Crippen MR) is 166 cm³/mol. The first-order chi connectivity index (χ1) is 20.0. The molecule has 0 aliphatic carbocycles. The second-order valence-electron chi connectivity index (χ2n) is 12.4. The highest BCUT2D eigenvalue weighted by Gasteiger charge is 2.40. The molecule has 1 aromatic heterocycles. The van der Waals surface area contributed by atoms with Crippen molar-refractivity contribution in [1.29, 1.82) is 0 Å². The van der Waals surface area contributed by atoms with Gasteiger partial charge in [-0.2, -0.15) is 4.31 Å². The standard InChI is InChI=1S/C31H46N4O5S2/c1-25-23-29(40-3)24-26(2)30(25)42(38,39)35-17-5-4-7-28(35)8-6-22-41(36,37)34-20-13-31(14-21-34)11-18-33(19-12-31)27-9-15-32-16-10-27/h9-10,15-16,23-24,28H,4-8,11-14,17-22H2,1-3H3. The van der Waals surface area contributed by atoms with Crippen LogP contribution in [-0.2, 0) is 20.0 Å². The number of rotatable bonds is 9. The van der Waals surface area contributed by atoms with E-state index in [2.05, 4.69) is 22.0 Å². The maximum atomic E-state index is 13.8. The molecule has 1 unspecified atom stereocenters. The summed E-state index contributed by atoms with van der Waals surface area (Å²) in [7, 11) is -5.52. The number of nitrogens with zero attached hydrogens (tertiary/aromatic N) is 4. The van der Waals surface area contributed by atoms with Crippen LogP contribution < -0.4 is 9.64 Å². The summed E-state index contributed by atoms with van der Waals surface area (Å²) in [5.74, 6) is 0.712. The molecule has 3 saturated heterocycles. The van der Waals surface area contributed by atoms with Gasteiger partial charge in [0.15, 0.2) is 0 Å². The number of benzene rings is 1. The van der Waals surface area contributed by atoms with Crippen LogP contribution in [0.15, 0.2) is 41.6 Å². The normalized spacial score (nSPS) is 22.4. The lowest BCUT2D eigenvalue weighted by Crippen LogP contribution is -2.48. The van der Waals surface area contributed by atoms with Crippen molar-refractivity contribution in [1.82, 2.24) is 13.6 Å². The zero-order valence-electron chi connectivity index (χ0n) is 25.3. The van der Waals surface area contributed by atoms with Crippen molar-refractivity contribution in [2.24, 2.45) is 5.41 Å². The number of sulfonamides is 2. The van der Waals surface area contributed by atoms with Crippen LogP contribution in [0.1, 0.15) is 68.9 Å². The summed E-state index contributed by atoms with van der Waals surface area (Å²) >= 11 is 0. The number of anilines is 1. The highest BCUT2D eigenvalue weighted by Crippen LogP contribution is 2.42. The van der Waals surface area contributed by atoms with Gasteiger partial charge in [-0.3, -0.25) is 4.98 Å². The molecule has 1 spiro atoms. The minimum absolute atomic E-state index is 0.0702. The fourth-order valence-corrected chi connectivity index (χ4v) is 11.0. The van der Waals surface area contributed by atoms with Crippen molar-refractivity contribution in [3.8, 4) is 5.75 Å². The van der Waals surface area contributed by atoms with Crippen molar-refractivity contribution in [2.75, 3.05) is 50.5 Å². The molecule has 3 fully saturated rings. The monoisotopic (exact) mass is 618 g/mol. The van der Waals surface area contributed by atoms with Gasteiger partial charge >= 0.3 is 0 Å². The van der Waals surface area contributed by atoms with Crippen LogP contribution in [0.2, 0.25) is 0 Å². The van der Waals surface area contributed by atoms with E-state index >= 15 is 0 Å². The van der Waals surface area contributed by atoms with E-state index in [0.717, 1.165) is 58.0 Å². The zero-order valence-corrected chi connectivity index (χ0v) is 26.9. The molecule has 42 heavy (non-hydrogen) atoms. The first kappa shape index (κ1) is 31.2. The number of piperidine rings is 3. The maximum Gasteiger partial charge on any atom is 0.243 e. The van der Waals surface area contributed by atoms with E-state index in [9.17, 15) is 16.8 Å². The molecule has 2 aromatic rings. The number of aromatic nitrogens is 1. The number of aryl methyl sites for hydroxylation is 2. The molecule has 11 heteroatoms. The summed E-state index contributed by atoms with van der Waals surface area (Å²) in [5.41, 5.74) is 2.78. The van der Waals surface area contributed by atoms with E-state index in [1.54, 1.807) is 41.7 Å². The minimum atomic E-state index is -3.71. The molecule has 232 valence electrons. The Balaban J connectivity index is 1.15. The quantitative estimate of drug-likeness (QED) is 0.400. The topological polar surface area (TPSA) is 100 Å². The Bertz CT molecular complexity index is 1410.